The molecule has 1 aliphatic carbocycles. The molecule has 3 N–H and O–H groups in total. The average molecular weight is 345 g/mol. The van der Waals surface area contributed by atoms with Crippen molar-refractivity contribution < 1.29 is 14.3 Å². The number of rotatable bonds is 4. The minimum Gasteiger partial charge on any atom is -0.486 e. The normalized spacial score (nSPS) is 17.0. The van der Waals surface area contributed by atoms with Crippen molar-refractivity contribution in [2.45, 2.75) is 31.7 Å². The molecule has 0 radical (unpaired) electrons. The van der Waals surface area contributed by atoms with Gasteiger partial charge < -0.3 is 20.5 Å². The molecule has 0 atom stereocenters. The molecular weight excluding hydrogens is 326 g/mol. The summed E-state index contributed by atoms with van der Waals surface area (Å²) < 4.78 is 11.0. The van der Waals surface area contributed by atoms with E-state index in [0.717, 1.165) is 18.0 Å². The Morgan fingerprint density at radius 1 is 1.21 bits per heavy atom. The molecule has 1 fully saturated rings. The molecule has 24 heavy (non-hydrogen) atoms. The van der Waals surface area contributed by atoms with E-state index in [2.05, 4.69) is 10.3 Å². The van der Waals surface area contributed by atoms with Gasteiger partial charge in [-0.25, -0.2) is 4.98 Å². The van der Waals surface area contributed by atoms with Gasteiger partial charge in [-0.1, -0.05) is 24.2 Å². The van der Waals surface area contributed by atoms with Gasteiger partial charge in [0, 0.05) is 11.6 Å². The Kier molecular flexibility index (Phi) is 4.02. The van der Waals surface area contributed by atoms with Crippen molar-refractivity contribution in [1.29, 1.82) is 0 Å². The summed E-state index contributed by atoms with van der Waals surface area (Å²) >= 11 is 1.32. The number of fused-ring (bicyclic) bond motifs is 1. The minimum absolute atomic E-state index is 0.138. The highest BCUT2D eigenvalue weighted by Gasteiger charge is 2.22. The number of nitrogen functional groups attached to an aromatic ring is 1. The van der Waals surface area contributed by atoms with Crippen molar-refractivity contribution in [1.82, 2.24) is 4.98 Å². The van der Waals surface area contributed by atoms with Gasteiger partial charge in [0.25, 0.3) is 0 Å². The number of thiazole rings is 1. The summed E-state index contributed by atoms with van der Waals surface area (Å²) in [5.74, 6) is 1.40. The van der Waals surface area contributed by atoms with Gasteiger partial charge in [0.05, 0.1) is 0 Å². The fraction of sp³-hybridized carbons (Fsp3) is 0.412. The molecule has 4 rings (SSSR count). The number of benzene rings is 1. The molecule has 1 aromatic carbocycles. The third-order valence-corrected chi connectivity index (χ3v) is 5.35. The molecule has 1 aliphatic heterocycles. The van der Waals surface area contributed by atoms with Crippen LogP contribution in [0.15, 0.2) is 18.2 Å². The monoisotopic (exact) mass is 345 g/mol. The number of hydrogen-bond acceptors (Lipinski definition) is 7. The van der Waals surface area contributed by atoms with Crippen molar-refractivity contribution in [2.75, 3.05) is 24.3 Å². The maximum absolute atomic E-state index is 12.8. The van der Waals surface area contributed by atoms with E-state index in [4.69, 9.17) is 15.2 Å². The summed E-state index contributed by atoms with van der Waals surface area (Å²) in [5.41, 5.74) is 6.50. The maximum Gasteiger partial charge on any atom is 0.206 e. The van der Waals surface area contributed by atoms with E-state index in [1.807, 2.05) is 0 Å². The first-order valence-corrected chi connectivity index (χ1v) is 8.99. The predicted octanol–water partition coefficient (Wildman–Crippen LogP) is 3.08. The van der Waals surface area contributed by atoms with E-state index in [0.29, 0.717) is 41.2 Å². The van der Waals surface area contributed by atoms with E-state index in [9.17, 15) is 4.79 Å². The van der Waals surface area contributed by atoms with Gasteiger partial charge >= 0.3 is 0 Å². The molecule has 0 bridgehead atoms. The van der Waals surface area contributed by atoms with E-state index in [-0.39, 0.29) is 11.6 Å². The fourth-order valence-corrected chi connectivity index (χ4v) is 4.04. The van der Waals surface area contributed by atoms with Crippen LogP contribution in [0.5, 0.6) is 11.5 Å². The number of aromatic nitrogens is 1. The highest BCUT2D eigenvalue weighted by atomic mass is 32.1. The lowest BCUT2D eigenvalue weighted by Gasteiger charge is -2.18. The van der Waals surface area contributed by atoms with Crippen LogP contribution in [0.25, 0.3) is 0 Å². The molecular formula is C17H19N3O3S. The van der Waals surface area contributed by atoms with E-state index >= 15 is 0 Å². The summed E-state index contributed by atoms with van der Waals surface area (Å²) in [6, 6.07) is 5.64. The molecule has 6 nitrogen and oxygen atoms in total. The first-order valence-electron chi connectivity index (χ1n) is 8.18. The zero-order chi connectivity index (χ0) is 16.5. The molecule has 0 unspecified atom stereocenters. The number of nitrogens with zero attached hydrogens (tertiary/aromatic N) is 1. The van der Waals surface area contributed by atoms with Crippen LogP contribution in [0, 0.1) is 0 Å². The number of carbonyl (C=O) groups is 1. The summed E-state index contributed by atoms with van der Waals surface area (Å²) in [7, 11) is 0. The molecule has 0 saturated heterocycles. The summed E-state index contributed by atoms with van der Waals surface area (Å²) in [6.45, 7) is 1.01. The molecule has 2 aliphatic rings. The van der Waals surface area contributed by atoms with Gasteiger partial charge in [-0.3, -0.25) is 4.79 Å². The Balaban J connectivity index is 1.56. The Hall–Kier alpha value is -2.28. The molecule has 1 saturated carbocycles. The van der Waals surface area contributed by atoms with Crippen molar-refractivity contribution >= 4 is 28.1 Å². The van der Waals surface area contributed by atoms with E-state index in [1.165, 1.54) is 24.2 Å². The summed E-state index contributed by atoms with van der Waals surface area (Å²) in [6.07, 6.45) is 4.76. The Labute approximate surface area is 144 Å². The minimum atomic E-state index is -0.138. The highest BCUT2D eigenvalue weighted by molar-refractivity contribution is 7.18. The quantitative estimate of drug-likeness (QED) is 0.828. The largest absolute Gasteiger partial charge is 0.486 e. The number of hydrogen-bond donors (Lipinski definition) is 2. The van der Waals surface area contributed by atoms with Crippen LogP contribution in [0.2, 0.25) is 0 Å². The van der Waals surface area contributed by atoms with Crippen LogP contribution in [0.4, 0.5) is 10.9 Å². The second kappa shape index (κ2) is 6.32. The number of ketones is 1. The Bertz CT molecular complexity index is 768. The maximum atomic E-state index is 12.8. The Morgan fingerprint density at radius 2 is 1.96 bits per heavy atom. The van der Waals surface area contributed by atoms with E-state index < -0.39 is 0 Å². The highest BCUT2D eigenvalue weighted by Crippen LogP contribution is 2.34. The molecule has 2 aromatic rings. The lowest BCUT2D eigenvalue weighted by Crippen LogP contribution is -2.15. The number of carbonyl (C=O) groups excluding carboxylic acids is 1. The summed E-state index contributed by atoms with van der Waals surface area (Å²) in [5, 5.41) is 4.11. The first kappa shape index (κ1) is 15.3. The average Bonchev–Trinajstić information content (AvgIpc) is 3.23. The van der Waals surface area contributed by atoms with Gasteiger partial charge in [-0.2, -0.15) is 0 Å². The number of nitrogens with two attached hydrogens (primary N) is 1. The first-order chi connectivity index (χ1) is 11.7. The molecule has 126 valence electrons. The lowest BCUT2D eigenvalue weighted by molar-refractivity contribution is 0.104. The van der Waals surface area contributed by atoms with Crippen LogP contribution < -0.4 is 20.5 Å². The molecule has 1 aromatic heterocycles. The third kappa shape index (κ3) is 2.91. The topological polar surface area (TPSA) is 86.5 Å². The van der Waals surface area contributed by atoms with Gasteiger partial charge in [0.1, 0.15) is 23.9 Å². The molecule has 2 heterocycles. The van der Waals surface area contributed by atoms with Crippen LogP contribution >= 0.6 is 11.3 Å². The van der Waals surface area contributed by atoms with Crippen molar-refractivity contribution in [3.8, 4) is 11.5 Å². The van der Waals surface area contributed by atoms with Crippen molar-refractivity contribution in [3.63, 3.8) is 0 Å². The predicted molar refractivity (Wildman–Crippen MR) is 93.3 cm³/mol. The van der Waals surface area contributed by atoms with Crippen LogP contribution in [0.3, 0.4) is 0 Å². The SMILES string of the molecule is Nc1nc(NC2CCCC2)sc1C(=O)c1ccc2c(c1)OCCO2. The third-order valence-electron chi connectivity index (χ3n) is 4.35. The standard InChI is InChI=1S/C17H19N3O3S/c18-16-15(24-17(20-16)19-11-3-1-2-4-11)14(21)10-5-6-12-13(9-10)23-8-7-22-12/h5-6,9,11H,1-4,7-8,18H2,(H,19,20). The van der Waals surface area contributed by atoms with Crippen molar-refractivity contribution in [2.24, 2.45) is 0 Å². The number of ether oxygens (including phenoxy) is 2. The van der Waals surface area contributed by atoms with Gasteiger partial charge in [0.2, 0.25) is 5.78 Å². The number of nitrogens with one attached hydrogen (secondary N) is 1. The van der Waals surface area contributed by atoms with Gasteiger partial charge in [-0.05, 0) is 31.0 Å². The van der Waals surface area contributed by atoms with Gasteiger partial charge in [0.15, 0.2) is 16.6 Å². The molecule has 0 spiro atoms. The van der Waals surface area contributed by atoms with Crippen LogP contribution in [0.1, 0.15) is 40.9 Å². The Morgan fingerprint density at radius 3 is 2.75 bits per heavy atom. The lowest BCUT2D eigenvalue weighted by atomic mass is 10.1. The van der Waals surface area contributed by atoms with Crippen LogP contribution in [-0.2, 0) is 0 Å². The zero-order valence-electron chi connectivity index (χ0n) is 13.2. The number of anilines is 2. The van der Waals surface area contributed by atoms with E-state index in [1.54, 1.807) is 18.2 Å². The smallest absolute Gasteiger partial charge is 0.206 e. The van der Waals surface area contributed by atoms with Crippen LogP contribution in [-0.4, -0.2) is 30.0 Å². The fourth-order valence-electron chi connectivity index (χ4n) is 3.12. The van der Waals surface area contributed by atoms with Gasteiger partial charge in [-0.15, -0.1) is 0 Å². The molecule has 0 amide bonds. The second-order valence-electron chi connectivity index (χ2n) is 6.05. The molecule has 7 heteroatoms. The zero-order valence-corrected chi connectivity index (χ0v) is 14.0. The summed E-state index contributed by atoms with van der Waals surface area (Å²) in [4.78, 5) is 17.6. The second-order valence-corrected chi connectivity index (χ2v) is 7.05. The van der Waals surface area contributed by atoms with Crippen molar-refractivity contribution in [3.05, 3.63) is 28.6 Å².